The van der Waals surface area contributed by atoms with E-state index in [1.54, 1.807) is 6.07 Å². The molecule has 0 aliphatic heterocycles. The number of rotatable bonds is 5. The molecule has 0 unspecified atom stereocenters. The Balaban J connectivity index is 2.73. The van der Waals surface area contributed by atoms with E-state index in [-0.39, 0.29) is 12.2 Å². The number of phenols is 1. The summed E-state index contributed by atoms with van der Waals surface area (Å²) >= 11 is 5.89. The molecule has 0 aliphatic carbocycles. The van der Waals surface area contributed by atoms with E-state index in [1.807, 2.05) is 0 Å². The number of carboxylic acids is 1. The van der Waals surface area contributed by atoms with Gasteiger partial charge in [0.2, 0.25) is 0 Å². The Morgan fingerprint density at radius 2 is 2.19 bits per heavy atom. The van der Waals surface area contributed by atoms with Crippen LogP contribution in [0.5, 0.6) is 11.5 Å². The third-order valence-electron chi connectivity index (χ3n) is 2.19. The van der Waals surface area contributed by atoms with E-state index in [2.05, 4.69) is 0 Å². The molecular weight excluding hydrogens is 232 g/mol. The van der Waals surface area contributed by atoms with E-state index in [1.165, 1.54) is 13.2 Å². The summed E-state index contributed by atoms with van der Waals surface area (Å²) in [5, 5.41) is 18.5. The van der Waals surface area contributed by atoms with Crippen LogP contribution >= 0.6 is 11.6 Å². The normalized spacial score (nSPS) is 10.1. The highest BCUT2D eigenvalue weighted by atomic mass is 35.5. The molecule has 1 rings (SSSR count). The maximum atomic E-state index is 10.3. The summed E-state index contributed by atoms with van der Waals surface area (Å²) < 4.78 is 4.94. The number of methoxy groups -OCH3 is 1. The summed E-state index contributed by atoms with van der Waals surface area (Å²) in [6.45, 7) is 0. The third-order valence-corrected chi connectivity index (χ3v) is 2.49. The summed E-state index contributed by atoms with van der Waals surface area (Å²) in [5.74, 6) is -0.369. The number of aromatic hydroxyl groups is 1. The Morgan fingerprint density at radius 1 is 1.50 bits per heavy atom. The predicted octanol–water partition coefficient (Wildman–Crippen LogP) is 2.46. The summed E-state index contributed by atoms with van der Waals surface area (Å²) in [7, 11) is 1.46. The molecule has 0 aliphatic rings. The van der Waals surface area contributed by atoms with Crippen LogP contribution in [0.25, 0.3) is 0 Å². The van der Waals surface area contributed by atoms with Crippen LogP contribution in [-0.4, -0.2) is 23.3 Å². The Morgan fingerprint density at radius 3 is 2.75 bits per heavy atom. The first kappa shape index (κ1) is 12.6. The van der Waals surface area contributed by atoms with Gasteiger partial charge >= 0.3 is 5.97 Å². The van der Waals surface area contributed by atoms with Crippen molar-refractivity contribution in [3.8, 4) is 11.5 Å². The van der Waals surface area contributed by atoms with Gasteiger partial charge in [-0.15, -0.1) is 0 Å². The van der Waals surface area contributed by atoms with Crippen molar-refractivity contribution in [2.24, 2.45) is 0 Å². The largest absolute Gasteiger partial charge is 0.508 e. The van der Waals surface area contributed by atoms with Crippen LogP contribution in [0.2, 0.25) is 5.02 Å². The number of halogens is 1. The zero-order valence-electron chi connectivity index (χ0n) is 8.86. The molecule has 16 heavy (non-hydrogen) atoms. The standard InChI is InChI=1S/C11H13ClO4/c1-16-10-6-9(13)7(5-8(10)12)3-2-4-11(14)15/h5-6,13H,2-4H2,1H3,(H,14,15). The quantitative estimate of drug-likeness (QED) is 0.835. The molecule has 5 heteroatoms. The van der Waals surface area contributed by atoms with Crippen molar-refractivity contribution in [3.05, 3.63) is 22.7 Å². The fourth-order valence-corrected chi connectivity index (χ4v) is 1.63. The molecule has 0 saturated heterocycles. The maximum absolute atomic E-state index is 10.3. The number of hydrogen-bond acceptors (Lipinski definition) is 3. The second-order valence-corrected chi connectivity index (χ2v) is 3.77. The van der Waals surface area contributed by atoms with Crippen molar-refractivity contribution < 1.29 is 19.7 Å². The lowest BCUT2D eigenvalue weighted by molar-refractivity contribution is -0.137. The number of phenolic OH excluding ortho intramolecular Hbond substituents is 1. The number of benzene rings is 1. The number of ether oxygens (including phenoxy) is 1. The maximum Gasteiger partial charge on any atom is 0.303 e. The zero-order chi connectivity index (χ0) is 12.1. The predicted molar refractivity (Wildman–Crippen MR) is 60.2 cm³/mol. The highest BCUT2D eigenvalue weighted by Crippen LogP contribution is 2.32. The van der Waals surface area contributed by atoms with E-state index in [9.17, 15) is 9.90 Å². The third kappa shape index (κ3) is 3.31. The summed E-state index contributed by atoms with van der Waals surface area (Å²) in [6.07, 6.45) is 1.01. The zero-order valence-corrected chi connectivity index (χ0v) is 9.62. The van der Waals surface area contributed by atoms with Crippen LogP contribution in [0.15, 0.2) is 12.1 Å². The minimum absolute atomic E-state index is 0.0725. The van der Waals surface area contributed by atoms with Crippen LogP contribution < -0.4 is 4.74 Å². The fraction of sp³-hybridized carbons (Fsp3) is 0.364. The van der Waals surface area contributed by atoms with Gasteiger partial charge < -0.3 is 14.9 Å². The van der Waals surface area contributed by atoms with Crippen molar-refractivity contribution >= 4 is 17.6 Å². The smallest absolute Gasteiger partial charge is 0.303 e. The second kappa shape index (κ2) is 5.61. The SMILES string of the molecule is COc1cc(O)c(CCCC(=O)O)cc1Cl. The molecule has 0 heterocycles. The Hall–Kier alpha value is -1.42. The summed E-state index contributed by atoms with van der Waals surface area (Å²) in [4.78, 5) is 10.3. The lowest BCUT2D eigenvalue weighted by atomic mass is 10.1. The average Bonchev–Trinajstić information content (AvgIpc) is 2.22. The molecule has 0 radical (unpaired) electrons. The lowest BCUT2D eigenvalue weighted by Gasteiger charge is -2.08. The Labute approximate surface area is 98.4 Å². The van der Waals surface area contributed by atoms with Gasteiger partial charge in [-0.3, -0.25) is 4.79 Å². The molecule has 0 fully saturated rings. The molecule has 0 amide bonds. The topological polar surface area (TPSA) is 66.8 Å². The molecular formula is C11H13ClO4. The van der Waals surface area contributed by atoms with Gasteiger partial charge in [-0.1, -0.05) is 11.6 Å². The lowest BCUT2D eigenvalue weighted by Crippen LogP contribution is -1.96. The van der Waals surface area contributed by atoms with E-state index in [0.717, 1.165) is 0 Å². The number of hydrogen-bond donors (Lipinski definition) is 2. The number of carbonyl (C=O) groups is 1. The van der Waals surface area contributed by atoms with Gasteiger partial charge in [0.1, 0.15) is 11.5 Å². The van der Waals surface area contributed by atoms with E-state index >= 15 is 0 Å². The molecule has 0 bridgehead atoms. The van der Waals surface area contributed by atoms with Crippen molar-refractivity contribution in [1.82, 2.24) is 0 Å². The molecule has 0 aromatic heterocycles. The number of carboxylic acid groups (broad SMARTS) is 1. The van der Waals surface area contributed by atoms with Crippen molar-refractivity contribution in [2.75, 3.05) is 7.11 Å². The highest BCUT2D eigenvalue weighted by Gasteiger charge is 2.08. The molecule has 1 aromatic carbocycles. The first-order valence-corrected chi connectivity index (χ1v) is 5.19. The molecule has 0 atom stereocenters. The first-order valence-electron chi connectivity index (χ1n) is 4.81. The number of aryl methyl sites for hydroxylation is 1. The van der Waals surface area contributed by atoms with Crippen LogP contribution in [0.4, 0.5) is 0 Å². The van der Waals surface area contributed by atoms with Gasteiger partial charge in [-0.25, -0.2) is 0 Å². The molecule has 1 aromatic rings. The molecule has 2 N–H and O–H groups in total. The van der Waals surface area contributed by atoms with Crippen molar-refractivity contribution in [2.45, 2.75) is 19.3 Å². The van der Waals surface area contributed by atoms with Crippen molar-refractivity contribution in [3.63, 3.8) is 0 Å². The van der Waals surface area contributed by atoms with Crippen LogP contribution in [0, 0.1) is 0 Å². The van der Waals surface area contributed by atoms with Gasteiger partial charge in [-0.05, 0) is 24.5 Å². The average molecular weight is 245 g/mol. The van der Waals surface area contributed by atoms with Gasteiger partial charge in [0.25, 0.3) is 0 Å². The van der Waals surface area contributed by atoms with Gasteiger partial charge in [0, 0.05) is 12.5 Å². The van der Waals surface area contributed by atoms with Crippen LogP contribution in [-0.2, 0) is 11.2 Å². The monoisotopic (exact) mass is 244 g/mol. The van der Waals surface area contributed by atoms with Gasteiger partial charge in [-0.2, -0.15) is 0 Å². The van der Waals surface area contributed by atoms with E-state index in [4.69, 9.17) is 21.4 Å². The minimum atomic E-state index is -0.848. The van der Waals surface area contributed by atoms with Gasteiger partial charge in [0.15, 0.2) is 0 Å². The van der Waals surface area contributed by atoms with Crippen molar-refractivity contribution in [1.29, 1.82) is 0 Å². The van der Waals surface area contributed by atoms with E-state index < -0.39 is 5.97 Å². The highest BCUT2D eigenvalue weighted by molar-refractivity contribution is 6.32. The Bertz CT molecular complexity index is 390. The molecule has 4 nitrogen and oxygen atoms in total. The summed E-state index contributed by atoms with van der Waals surface area (Å²) in [6, 6.07) is 3.02. The molecule has 0 saturated carbocycles. The fourth-order valence-electron chi connectivity index (χ4n) is 1.37. The van der Waals surface area contributed by atoms with E-state index in [0.29, 0.717) is 29.2 Å². The Kier molecular flexibility index (Phi) is 4.43. The number of aliphatic carboxylic acids is 1. The summed E-state index contributed by atoms with van der Waals surface area (Å²) in [5.41, 5.74) is 0.632. The van der Waals surface area contributed by atoms with Gasteiger partial charge in [0.05, 0.1) is 12.1 Å². The van der Waals surface area contributed by atoms with Crippen LogP contribution in [0.1, 0.15) is 18.4 Å². The molecule has 88 valence electrons. The minimum Gasteiger partial charge on any atom is -0.508 e. The van der Waals surface area contributed by atoms with Crippen LogP contribution in [0.3, 0.4) is 0 Å². The molecule has 0 spiro atoms. The second-order valence-electron chi connectivity index (χ2n) is 3.36. The first-order chi connectivity index (χ1) is 7.54.